The van der Waals surface area contributed by atoms with Crippen LogP contribution in [0.4, 0.5) is 0 Å². The van der Waals surface area contributed by atoms with Crippen molar-refractivity contribution in [3.05, 3.63) is 53.1 Å². The van der Waals surface area contributed by atoms with Crippen molar-refractivity contribution < 1.29 is 0 Å². The molecule has 0 aliphatic rings. The third-order valence-corrected chi connectivity index (χ3v) is 4.69. The Bertz CT molecular complexity index is 611. The molecule has 22 heavy (non-hydrogen) atoms. The van der Waals surface area contributed by atoms with Gasteiger partial charge in [-0.3, -0.25) is 0 Å². The van der Waals surface area contributed by atoms with E-state index in [-0.39, 0.29) is 5.41 Å². The highest BCUT2D eigenvalue weighted by atomic mass is 15.1. The number of imidazole rings is 1. The summed E-state index contributed by atoms with van der Waals surface area (Å²) in [6, 6.07) is 11.2. The van der Waals surface area contributed by atoms with Crippen LogP contribution in [-0.4, -0.2) is 15.6 Å². The van der Waals surface area contributed by atoms with Crippen LogP contribution in [0, 0.1) is 13.8 Å². The summed E-state index contributed by atoms with van der Waals surface area (Å²) in [5, 5.41) is 3.62. The van der Waals surface area contributed by atoms with Crippen LogP contribution in [0.1, 0.15) is 50.0 Å². The van der Waals surface area contributed by atoms with E-state index in [0.717, 1.165) is 24.5 Å². The molecule has 1 aromatic heterocycles. The predicted octanol–water partition coefficient (Wildman–Crippen LogP) is 3.88. The van der Waals surface area contributed by atoms with E-state index >= 15 is 0 Å². The Labute approximate surface area is 134 Å². The molecular formula is C19H29N3. The van der Waals surface area contributed by atoms with Gasteiger partial charge in [-0.25, -0.2) is 4.98 Å². The van der Waals surface area contributed by atoms with Gasteiger partial charge < -0.3 is 9.88 Å². The van der Waals surface area contributed by atoms with E-state index in [9.17, 15) is 0 Å². The van der Waals surface area contributed by atoms with Crippen LogP contribution in [0.15, 0.2) is 30.3 Å². The summed E-state index contributed by atoms with van der Waals surface area (Å²) < 4.78 is 2.18. The topological polar surface area (TPSA) is 29.9 Å². The number of nitrogens with one attached hydrogen (secondary N) is 1. The Hall–Kier alpha value is -1.61. The smallest absolute Gasteiger partial charge is 0.122 e. The maximum atomic E-state index is 4.64. The summed E-state index contributed by atoms with van der Waals surface area (Å²) in [6.45, 7) is 11.9. The molecule has 1 N–H and O–H groups in total. The number of benzene rings is 1. The fraction of sp³-hybridized carbons (Fsp3) is 0.526. The van der Waals surface area contributed by atoms with Crippen molar-refractivity contribution >= 4 is 0 Å². The molecule has 0 saturated carbocycles. The molecule has 0 spiro atoms. The van der Waals surface area contributed by atoms with Crippen molar-refractivity contribution in [3.63, 3.8) is 0 Å². The van der Waals surface area contributed by atoms with Gasteiger partial charge in [0.2, 0.25) is 0 Å². The zero-order valence-corrected chi connectivity index (χ0v) is 14.8. The Kier molecular flexibility index (Phi) is 5.07. The lowest BCUT2D eigenvalue weighted by atomic mass is 9.79. The standard InChI is InChI=1S/C19H29N3/c1-14(12-19(4,5)17-10-8-7-9-11-17)20-13-18-21-15(2)16(3)22(18)6/h7-11,14,20H,12-13H2,1-6H3. The Morgan fingerprint density at radius 2 is 1.82 bits per heavy atom. The van der Waals surface area contributed by atoms with E-state index in [1.54, 1.807) is 0 Å². The average molecular weight is 299 g/mol. The fourth-order valence-electron chi connectivity index (χ4n) is 3.05. The monoisotopic (exact) mass is 299 g/mol. The normalized spacial score (nSPS) is 13.4. The number of rotatable bonds is 6. The minimum Gasteiger partial charge on any atom is -0.334 e. The van der Waals surface area contributed by atoms with Gasteiger partial charge in [0.1, 0.15) is 5.82 Å². The first kappa shape index (κ1) is 16.8. The van der Waals surface area contributed by atoms with E-state index < -0.39 is 0 Å². The Morgan fingerprint density at radius 3 is 2.36 bits per heavy atom. The number of nitrogens with zero attached hydrogens (tertiary/aromatic N) is 2. The van der Waals surface area contributed by atoms with Gasteiger partial charge in [-0.15, -0.1) is 0 Å². The zero-order chi connectivity index (χ0) is 16.3. The molecule has 1 atom stereocenters. The van der Waals surface area contributed by atoms with Gasteiger partial charge in [-0.1, -0.05) is 44.2 Å². The third-order valence-electron chi connectivity index (χ3n) is 4.69. The highest BCUT2D eigenvalue weighted by Crippen LogP contribution is 2.28. The maximum absolute atomic E-state index is 4.64. The SMILES string of the molecule is Cc1nc(CNC(C)CC(C)(C)c2ccccc2)n(C)c1C. The Balaban J connectivity index is 1.95. The molecule has 0 radical (unpaired) electrons. The summed E-state index contributed by atoms with van der Waals surface area (Å²) >= 11 is 0. The van der Waals surface area contributed by atoms with E-state index in [1.807, 2.05) is 0 Å². The van der Waals surface area contributed by atoms with Gasteiger partial charge in [0, 0.05) is 18.8 Å². The highest BCUT2D eigenvalue weighted by molar-refractivity contribution is 5.23. The second-order valence-corrected chi connectivity index (χ2v) is 6.99. The van der Waals surface area contributed by atoms with Crippen LogP contribution in [0.2, 0.25) is 0 Å². The van der Waals surface area contributed by atoms with Crippen LogP contribution >= 0.6 is 0 Å². The van der Waals surface area contributed by atoms with Gasteiger partial charge in [0.05, 0.1) is 12.2 Å². The summed E-state index contributed by atoms with van der Waals surface area (Å²) in [7, 11) is 2.09. The first-order valence-electron chi connectivity index (χ1n) is 8.09. The molecule has 0 aliphatic carbocycles. The molecule has 1 heterocycles. The molecule has 3 heteroatoms. The van der Waals surface area contributed by atoms with E-state index in [1.165, 1.54) is 11.3 Å². The van der Waals surface area contributed by atoms with Crippen LogP contribution < -0.4 is 5.32 Å². The van der Waals surface area contributed by atoms with Crippen LogP contribution in [0.5, 0.6) is 0 Å². The molecule has 2 aromatic rings. The van der Waals surface area contributed by atoms with Crippen LogP contribution in [0.25, 0.3) is 0 Å². The first-order valence-corrected chi connectivity index (χ1v) is 8.09. The van der Waals surface area contributed by atoms with Crippen molar-refractivity contribution in [1.82, 2.24) is 14.9 Å². The molecule has 1 aromatic carbocycles. The molecule has 0 fully saturated rings. The zero-order valence-electron chi connectivity index (χ0n) is 14.8. The molecule has 3 nitrogen and oxygen atoms in total. The summed E-state index contributed by atoms with van der Waals surface area (Å²) in [5.74, 6) is 1.11. The van der Waals surface area contributed by atoms with Gasteiger partial charge in [-0.2, -0.15) is 0 Å². The quantitative estimate of drug-likeness (QED) is 0.877. The lowest BCUT2D eigenvalue weighted by molar-refractivity contribution is 0.384. The minimum atomic E-state index is 0.168. The first-order chi connectivity index (χ1) is 10.3. The van der Waals surface area contributed by atoms with Gasteiger partial charge >= 0.3 is 0 Å². The van der Waals surface area contributed by atoms with E-state index in [4.69, 9.17) is 0 Å². The second-order valence-electron chi connectivity index (χ2n) is 6.99. The van der Waals surface area contributed by atoms with Crippen molar-refractivity contribution in [2.24, 2.45) is 7.05 Å². The van der Waals surface area contributed by atoms with Crippen molar-refractivity contribution in [1.29, 1.82) is 0 Å². The fourth-order valence-corrected chi connectivity index (χ4v) is 3.05. The molecular weight excluding hydrogens is 270 g/mol. The molecule has 120 valence electrons. The largest absolute Gasteiger partial charge is 0.334 e. The minimum absolute atomic E-state index is 0.168. The Morgan fingerprint density at radius 1 is 1.18 bits per heavy atom. The molecule has 2 rings (SSSR count). The average Bonchev–Trinajstić information content (AvgIpc) is 2.73. The van der Waals surface area contributed by atoms with Crippen LogP contribution in [-0.2, 0) is 19.0 Å². The van der Waals surface area contributed by atoms with Crippen LogP contribution in [0.3, 0.4) is 0 Å². The van der Waals surface area contributed by atoms with E-state index in [0.29, 0.717) is 6.04 Å². The molecule has 0 aliphatic heterocycles. The summed E-state index contributed by atoms with van der Waals surface area (Å²) in [5.41, 5.74) is 3.93. The third kappa shape index (κ3) is 3.77. The lowest BCUT2D eigenvalue weighted by Gasteiger charge is -2.29. The number of aromatic nitrogens is 2. The lowest BCUT2D eigenvalue weighted by Crippen LogP contribution is -2.33. The van der Waals surface area contributed by atoms with Crippen molar-refractivity contribution in [2.75, 3.05) is 0 Å². The number of hydrogen-bond donors (Lipinski definition) is 1. The molecule has 1 unspecified atom stereocenters. The number of aryl methyl sites for hydroxylation is 1. The van der Waals surface area contributed by atoms with Crippen molar-refractivity contribution in [3.8, 4) is 0 Å². The number of hydrogen-bond acceptors (Lipinski definition) is 2. The van der Waals surface area contributed by atoms with Gasteiger partial charge in [0.15, 0.2) is 0 Å². The highest BCUT2D eigenvalue weighted by Gasteiger charge is 2.23. The summed E-state index contributed by atoms with van der Waals surface area (Å²) in [4.78, 5) is 4.64. The van der Waals surface area contributed by atoms with E-state index in [2.05, 4.69) is 86.9 Å². The van der Waals surface area contributed by atoms with Crippen molar-refractivity contribution in [2.45, 2.75) is 59.0 Å². The maximum Gasteiger partial charge on any atom is 0.122 e. The summed E-state index contributed by atoms with van der Waals surface area (Å²) in [6.07, 6.45) is 1.10. The van der Waals surface area contributed by atoms with Gasteiger partial charge in [-0.05, 0) is 38.2 Å². The predicted molar refractivity (Wildman–Crippen MR) is 93.1 cm³/mol. The molecule has 0 bridgehead atoms. The van der Waals surface area contributed by atoms with Gasteiger partial charge in [0.25, 0.3) is 0 Å². The molecule has 0 saturated heterocycles. The molecule has 0 amide bonds. The second kappa shape index (κ2) is 6.66.